The van der Waals surface area contributed by atoms with E-state index < -0.39 is 66.2 Å². The van der Waals surface area contributed by atoms with E-state index in [1.807, 2.05) is 13.8 Å². The molecule has 0 spiro atoms. The molecule has 2 atom stereocenters. The molecule has 0 radical (unpaired) electrons. The minimum atomic E-state index is -5.20. The Morgan fingerprint density at radius 1 is 1.12 bits per heavy atom. The van der Waals surface area contributed by atoms with Crippen molar-refractivity contribution < 1.29 is 40.6 Å². The van der Waals surface area contributed by atoms with Gasteiger partial charge in [0, 0.05) is 12.8 Å². The van der Waals surface area contributed by atoms with Gasteiger partial charge in [0.2, 0.25) is 0 Å². The summed E-state index contributed by atoms with van der Waals surface area (Å²) in [5.41, 5.74) is -3.73. The van der Waals surface area contributed by atoms with Crippen molar-refractivity contribution in [2.75, 3.05) is 11.6 Å². The number of alkyl halides is 4. The fourth-order valence-corrected chi connectivity index (χ4v) is 3.10. The SMILES string of the molecule is C#C.C=C(/C=C\C(=C\C)N(N)c1ccc(F)cc1)C(O)(CCOC1=CC(F)/C=C(/F)C/C=C\1F)C(F)(F)F.CC. The highest BCUT2D eigenvalue weighted by molar-refractivity contribution is 5.53. The predicted molar refractivity (Wildman–Crippen MR) is 144 cm³/mol. The first kappa shape index (κ1) is 36.2. The fourth-order valence-electron chi connectivity index (χ4n) is 3.10. The van der Waals surface area contributed by atoms with Crippen molar-refractivity contribution in [1.82, 2.24) is 0 Å². The number of aliphatic hydroxyl groups is 1. The highest BCUT2D eigenvalue weighted by Crippen LogP contribution is 2.39. The van der Waals surface area contributed by atoms with Crippen LogP contribution in [0.2, 0.25) is 0 Å². The van der Waals surface area contributed by atoms with Gasteiger partial charge in [0.25, 0.3) is 0 Å². The first-order chi connectivity index (χ1) is 18.8. The number of halogens is 7. The number of rotatable bonds is 9. The average molecular weight is 575 g/mol. The number of ether oxygens (including phenoxy) is 1. The second-order valence-electron chi connectivity index (χ2n) is 7.72. The Morgan fingerprint density at radius 3 is 2.23 bits per heavy atom. The lowest BCUT2D eigenvalue weighted by molar-refractivity contribution is -0.247. The highest BCUT2D eigenvalue weighted by Gasteiger charge is 2.54. The summed E-state index contributed by atoms with van der Waals surface area (Å²) in [6.07, 6.45) is 4.48. The van der Waals surface area contributed by atoms with E-state index >= 15 is 0 Å². The molecule has 0 fully saturated rings. The second-order valence-corrected chi connectivity index (χ2v) is 7.72. The van der Waals surface area contributed by atoms with E-state index in [0.717, 1.165) is 35.4 Å². The molecule has 11 heteroatoms. The quantitative estimate of drug-likeness (QED) is 0.104. The lowest BCUT2D eigenvalue weighted by Crippen LogP contribution is -2.47. The van der Waals surface area contributed by atoms with Crippen LogP contribution in [0.5, 0.6) is 0 Å². The number of hydrogen-bond donors (Lipinski definition) is 2. The van der Waals surface area contributed by atoms with Gasteiger partial charge in [-0.25, -0.2) is 23.4 Å². The summed E-state index contributed by atoms with van der Waals surface area (Å²) >= 11 is 0. The van der Waals surface area contributed by atoms with Gasteiger partial charge in [0.05, 0.1) is 18.0 Å². The van der Waals surface area contributed by atoms with Crippen LogP contribution >= 0.6 is 0 Å². The van der Waals surface area contributed by atoms with Crippen molar-refractivity contribution in [3.05, 3.63) is 102 Å². The number of hydrogen-bond acceptors (Lipinski definition) is 4. The summed E-state index contributed by atoms with van der Waals surface area (Å²) in [7, 11) is 0. The third-order valence-electron chi connectivity index (χ3n) is 5.22. The maximum atomic E-state index is 14.1. The van der Waals surface area contributed by atoms with E-state index in [9.17, 15) is 35.8 Å². The van der Waals surface area contributed by atoms with Crippen LogP contribution in [0.15, 0.2) is 96.0 Å². The molecule has 40 heavy (non-hydrogen) atoms. The molecule has 0 saturated heterocycles. The number of hydrazine groups is 1. The number of terminal acetylenes is 1. The second kappa shape index (κ2) is 17.0. The molecule has 1 aliphatic rings. The number of benzene rings is 1. The average Bonchev–Trinajstić information content (AvgIpc) is 2.92. The molecule has 0 saturated carbocycles. The summed E-state index contributed by atoms with van der Waals surface area (Å²) in [6.45, 7) is 8.00. The van der Waals surface area contributed by atoms with Gasteiger partial charge in [0.15, 0.2) is 17.2 Å². The van der Waals surface area contributed by atoms with Gasteiger partial charge in [-0.15, -0.1) is 12.8 Å². The number of anilines is 1. The maximum Gasteiger partial charge on any atom is 0.421 e. The Labute approximate surface area is 230 Å². The first-order valence-electron chi connectivity index (χ1n) is 12.0. The van der Waals surface area contributed by atoms with E-state index in [2.05, 4.69) is 19.4 Å². The van der Waals surface area contributed by atoms with E-state index in [4.69, 9.17) is 10.6 Å². The highest BCUT2D eigenvalue weighted by atomic mass is 19.4. The van der Waals surface area contributed by atoms with E-state index in [-0.39, 0.29) is 5.70 Å². The van der Waals surface area contributed by atoms with Crippen molar-refractivity contribution in [2.45, 2.75) is 51.6 Å². The zero-order chi connectivity index (χ0) is 31.1. The molecule has 1 aromatic rings. The van der Waals surface area contributed by atoms with Crippen LogP contribution in [-0.4, -0.2) is 29.7 Å². The van der Waals surface area contributed by atoms with Gasteiger partial charge in [-0.05, 0) is 61.1 Å². The van der Waals surface area contributed by atoms with Crippen molar-refractivity contribution in [3.63, 3.8) is 0 Å². The molecule has 1 aliphatic carbocycles. The first-order valence-corrected chi connectivity index (χ1v) is 12.0. The van der Waals surface area contributed by atoms with Crippen molar-refractivity contribution >= 4 is 5.69 Å². The molecule has 220 valence electrons. The van der Waals surface area contributed by atoms with Gasteiger partial charge in [-0.3, -0.25) is 5.01 Å². The third kappa shape index (κ3) is 10.4. The molecule has 2 rings (SSSR count). The van der Waals surface area contributed by atoms with Gasteiger partial charge in [-0.2, -0.15) is 13.2 Å². The van der Waals surface area contributed by atoms with Crippen LogP contribution in [0.25, 0.3) is 0 Å². The number of nitrogens with two attached hydrogens (primary N) is 1. The minimum absolute atomic E-state index is 0.199. The number of nitrogens with zero attached hydrogens (tertiary/aromatic N) is 1. The Balaban J connectivity index is 0.00000363. The molecule has 3 N–H and O–H groups in total. The third-order valence-corrected chi connectivity index (χ3v) is 5.22. The van der Waals surface area contributed by atoms with Crippen molar-refractivity contribution in [3.8, 4) is 12.8 Å². The monoisotopic (exact) mass is 574 g/mol. The summed E-state index contributed by atoms with van der Waals surface area (Å²) in [5.74, 6) is 2.65. The van der Waals surface area contributed by atoms with Gasteiger partial charge in [0.1, 0.15) is 17.8 Å². The molecular formula is C29H33F7N2O2. The van der Waals surface area contributed by atoms with Gasteiger partial charge in [-0.1, -0.05) is 32.6 Å². The Kier molecular flexibility index (Phi) is 15.4. The smallest absolute Gasteiger partial charge is 0.421 e. The predicted octanol–water partition coefficient (Wildman–Crippen LogP) is 7.83. The molecule has 0 bridgehead atoms. The largest absolute Gasteiger partial charge is 0.491 e. The molecule has 1 aromatic carbocycles. The van der Waals surface area contributed by atoms with Crippen molar-refractivity contribution in [2.24, 2.45) is 5.84 Å². The van der Waals surface area contributed by atoms with E-state index in [0.29, 0.717) is 17.8 Å². The minimum Gasteiger partial charge on any atom is -0.491 e. The lowest BCUT2D eigenvalue weighted by Gasteiger charge is -2.31. The van der Waals surface area contributed by atoms with Crippen LogP contribution in [0.1, 0.15) is 33.6 Å². The van der Waals surface area contributed by atoms with Crippen LogP contribution in [0, 0.1) is 18.7 Å². The molecule has 0 amide bonds. The maximum absolute atomic E-state index is 14.1. The summed E-state index contributed by atoms with van der Waals surface area (Å²) in [5, 5.41) is 11.5. The normalized spacial score (nSPS) is 19.9. The molecular weight excluding hydrogens is 541 g/mol. The lowest BCUT2D eigenvalue weighted by atomic mass is 9.90. The van der Waals surface area contributed by atoms with Crippen LogP contribution in [0.4, 0.5) is 36.4 Å². The van der Waals surface area contributed by atoms with Crippen LogP contribution in [-0.2, 0) is 4.74 Å². The Morgan fingerprint density at radius 2 is 1.70 bits per heavy atom. The van der Waals surface area contributed by atoms with Crippen LogP contribution in [0.3, 0.4) is 0 Å². The summed E-state index contributed by atoms with van der Waals surface area (Å²) in [4.78, 5) is 0. The fraction of sp³-hybridized carbons (Fsp3) is 0.310. The molecule has 4 nitrogen and oxygen atoms in total. The summed E-state index contributed by atoms with van der Waals surface area (Å²) in [6, 6.07) is 5.01. The Hall–Kier alpha value is -3.75. The van der Waals surface area contributed by atoms with Crippen LogP contribution < -0.4 is 10.9 Å². The molecule has 0 aromatic heterocycles. The molecule has 0 heterocycles. The zero-order valence-corrected chi connectivity index (χ0v) is 22.4. The van der Waals surface area contributed by atoms with Crippen molar-refractivity contribution in [1.29, 1.82) is 0 Å². The number of allylic oxidation sites excluding steroid dienone is 7. The van der Waals surface area contributed by atoms with E-state index in [1.54, 1.807) is 6.92 Å². The topological polar surface area (TPSA) is 58.7 Å². The molecule has 2 unspecified atom stereocenters. The summed E-state index contributed by atoms with van der Waals surface area (Å²) < 4.78 is 101. The van der Waals surface area contributed by atoms with E-state index in [1.165, 1.54) is 18.2 Å². The van der Waals surface area contributed by atoms with Gasteiger partial charge >= 0.3 is 6.18 Å². The standard InChI is InChI=1S/C25H25F7N2O2.C2H6.C2H2/c1-3-20(34(33)21-9-5-17(26)6-10-21)8-4-16(2)24(35,25(30,31)32)12-13-36-23-15-19(28)14-18(27)7-11-22(23)29;2*1-2/h3-6,8-11,14-15,19,35H,2,7,12-13,33H2,1H3;1-2H3;1-2H/b8-4-,18-14+,20-3-,22-11+,23-15?;;. The van der Waals surface area contributed by atoms with Gasteiger partial charge < -0.3 is 9.84 Å². The zero-order valence-electron chi connectivity index (χ0n) is 22.4. The Bertz CT molecular complexity index is 1130. The molecule has 0 aliphatic heterocycles.